The first-order valence-corrected chi connectivity index (χ1v) is 6.70. The van der Waals surface area contributed by atoms with Crippen LogP contribution in [-0.2, 0) is 12.8 Å². The quantitative estimate of drug-likeness (QED) is 0.816. The van der Waals surface area contributed by atoms with Crippen molar-refractivity contribution in [2.24, 2.45) is 0 Å². The van der Waals surface area contributed by atoms with E-state index in [0.717, 1.165) is 19.6 Å². The summed E-state index contributed by atoms with van der Waals surface area (Å²) in [5.41, 5.74) is 4.34. The molecule has 0 aromatic heterocycles. The molecular weight excluding hydrogens is 210 g/mol. The van der Waals surface area contributed by atoms with Gasteiger partial charge in [-0.25, -0.2) is 0 Å². The molecule has 0 saturated carbocycles. The molecule has 3 rings (SSSR count). The SMILES string of the molecule is c1cc2c(cc1CCN1CCNCC1)CCN2. The van der Waals surface area contributed by atoms with Gasteiger partial charge in [0, 0.05) is 45.0 Å². The lowest BCUT2D eigenvalue weighted by Gasteiger charge is -2.27. The summed E-state index contributed by atoms with van der Waals surface area (Å²) in [6, 6.07) is 6.91. The van der Waals surface area contributed by atoms with Crippen molar-refractivity contribution < 1.29 is 0 Å². The van der Waals surface area contributed by atoms with Crippen LogP contribution >= 0.6 is 0 Å². The molecule has 1 aromatic rings. The highest BCUT2D eigenvalue weighted by atomic mass is 15.2. The van der Waals surface area contributed by atoms with Crippen molar-refractivity contribution in [3.63, 3.8) is 0 Å². The van der Waals surface area contributed by atoms with Gasteiger partial charge in [-0.2, -0.15) is 0 Å². The highest BCUT2D eigenvalue weighted by molar-refractivity contribution is 5.56. The molecule has 1 saturated heterocycles. The molecule has 17 heavy (non-hydrogen) atoms. The molecule has 2 N–H and O–H groups in total. The number of nitrogens with one attached hydrogen (secondary N) is 2. The summed E-state index contributed by atoms with van der Waals surface area (Å²) in [5.74, 6) is 0. The van der Waals surface area contributed by atoms with Gasteiger partial charge in [0.05, 0.1) is 0 Å². The molecule has 1 fully saturated rings. The predicted octanol–water partition coefficient (Wildman–Crippen LogP) is 1.10. The van der Waals surface area contributed by atoms with E-state index in [-0.39, 0.29) is 0 Å². The van der Waals surface area contributed by atoms with Gasteiger partial charge in [-0.05, 0) is 30.0 Å². The smallest absolute Gasteiger partial charge is 0.0373 e. The van der Waals surface area contributed by atoms with Crippen molar-refractivity contribution >= 4 is 5.69 Å². The zero-order chi connectivity index (χ0) is 11.5. The number of hydrogen-bond acceptors (Lipinski definition) is 3. The molecule has 2 aliphatic heterocycles. The molecule has 92 valence electrons. The fourth-order valence-corrected chi connectivity index (χ4v) is 2.74. The fourth-order valence-electron chi connectivity index (χ4n) is 2.74. The largest absolute Gasteiger partial charge is 0.384 e. The third-order valence-electron chi connectivity index (χ3n) is 3.81. The van der Waals surface area contributed by atoms with E-state index in [2.05, 4.69) is 33.7 Å². The number of piperazine rings is 1. The van der Waals surface area contributed by atoms with Crippen LogP contribution in [0.1, 0.15) is 11.1 Å². The van der Waals surface area contributed by atoms with Crippen molar-refractivity contribution in [2.45, 2.75) is 12.8 Å². The van der Waals surface area contributed by atoms with E-state index < -0.39 is 0 Å². The van der Waals surface area contributed by atoms with Crippen molar-refractivity contribution in [3.8, 4) is 0 Å². The Morgan fingerprint density at radius 1 is 1.12 bits per heavy atom. The first-order chi connectivity index (χ1) is 8.42. The van der Waals surface area contributed by atoms with Crippen LogP contribution in [0.2, 0.25) is 0 Å². The Kier molecular flexibility index (Phi) is 3.29. The van der Waals surface area contributed by atoms with Crippen molar-refractivity contribution in [3.05, 3.63) is 29.3 Å². The van der Waals surface area contributed by atoms with Gasteiger partial charge in [-0.3, -0.25) is 0 Å². The average Bonchev–Trinajstić information content (AvgIpc) is 2.85. The third-order valence-corrected chi connectivity index (χ3v) is 3.81. The van der Waals surface area contributed by atoms with E-state index in [0.29, 0.717) is 0 Å². The van der Waals surface area contributed by atoms with Crippen molar-refractivity contribution in [2.75, 3.05) is 44.6 Å². The van der Waals surface area contributed by atoms with Crippen LogP contribution in [0.3, 0.4) is 0 Å². The Morgan fingerprint density at radius 3 is 2.88 bits per heavy atom. The maximum absolute atomic E-state index is 3.41. The number of hydrogen-bond donors (Lipinski definition) is 2. The Bertz CT molecular complexity index is 383. The maximum atomic E-state index is 3.41. The maximum Gasteiger partial charge on any atom is 0.0373 e. The summed E-state index contributed by atoms with van der Waals surface area (Å²) in [7, 11) is 0. The fraction of sp³-hybridized carbons (Fsp3) is 0.571. The molecular formula is C14H21N3. The highest BCUT2D eigenvalue weighted by Gasteiger charge is 2.12. The van der Waals surface area contributed by atoms with Gasteiger partial charge < -0.3 is 15.5 Å². The second-order valence-corrected chi connectivity index (χ2v) is 5.01. The molecule has 1 aromatic carbocycles. The standard InChI is InChI=1S/C14H21N3/c1-2-14-13(3-5-16-14)11-12(1)4-8-17-9-6-15-7-10-17/h1-2,11,15-16H,3-10H2. The van der Waals surface area contributed by atoms with Crippen molar-refractivity contribution in [1.82, 2.24) is 10.2 Å². The van der Waals surface area contributed by atoms with E-state index in [1.807, 2.05) is 0 Å². The molecule has 3 nitrogen and oxygen atoms in total. The number of benzene rings is 1. The molecule has 0 bridgehead atoms. The van der Waals surface area contributed by atoms with Crippen LogP contribution in [0, 0.1) is 0 Å². The number of nitrogens with zero attached hydrogens (tertiary/aromatic N) is 1. The molecule has 0 radical (unpaired) electrons. The van der Waals surface area contributed by atoms with Gasteiger partial charge >= 0.3 is 0 Å². The molecule has 0 aliphatic carbocycles. The van der Waals surface area contributed by atoms with Crippen LogP contribution < -0.4 is 10.6 Å². The van der Waals surface area contributed by atoms with Crippen LogP contribution in [0.5, 0.6) is 0 Å². The molecule has 0 atom stereocenters. The summed E-state index contributed by atoms with van der Waals surface area (Å²) in [6.07, 6.45) is 2.38. The van der Waals surface area contributed by atoms with Gasteiger partial charge in [0.2, 0.25) is 0 Å². The molecule has 0 spiro atoms. The Balaban J connectivity index is 1.57. The van der Waals surface area contributed by atoms with Crippen LogP contribution in [0.15, 0.2) is 18.2 Å². The molecule has 3 heteroatoms. The minimum Gasteiger partial charge on any atom is -0.384 e. The first-order valence-electron chi connectivity index (χ1n) is 6.70. The summed E-state index contributed by atoms with van der Waals surface area (Å²) in [4.78, 5) is 2.56. The summed E-state index contributed by atoms with van der Waals surface area (Å²) >= 11 is 0. The van der Waals surface area contributed by atoms with Crippen LogP contribution in [0.25, 0.3) is 0 Å². The molecule has 0 amide bonds. The zero-order valence-corrected chi connectivity index (χ0v) is 10.3. The Hall–Kier alpha value is -1.06. The minimum atomic E-state index is 1.11. The Labute approximate surface area is 103 Å². The summed E-state index contributed by atoms with van der Waals surface area (Å²) < 4.78 is 0. The zero-order valence-electron chi connectivity index (χ0n) is 10.3. The van der Waals surface area contributed by atoms with Gasteiger partial charge in [0.15, 0.2) is 0 Å². The van der Waals surface area contributed by atoms with Crippen molar-refractivity contribution in [1.29, 1.82) is 0 Å². The Morgan fingerprint density at radius 2 is 2.00 bits per heavy atom. The monoisotopic (exact) mass is 231 g/mol. The topological polar surface area (TPSA) is 27.3 Å². The average molecular weight is 231 g/mol. The van der Waals surface area contributed by atoms with E-state index >= 15 is 0 Å². The van der Waals surface area contributed by atoms with Crippen LogP contribution in [-0.4, -0.2) is 44.2 Å². The number of fused-ring (bicyclic) bond motifs is 1. The third kappa shape index (κ3) is 2.61. The van der Waals surface area contributed by atoms with E-state index in [1.165, 1.54) is 49.3 Å². The molecule has 2 heterocycles. The second-order valence-electron chi connectivity index (χ2n) is 5.01. The molecule has 2 aliphatic rings. The number of anilines is 1. The van der Waals surface area contributed by atoms with E-state index in [9.17, 15) is 0 Å². The first kappa shape index (κ1) is 11.1. The van der Waals surface area contributed by atoms with Gasteiger partial charge in [0.1, 0.15) is 0 Å². The van der Waals surface area contributed by atoms with Gasteiger partial charge in [-0.1, -0.05) is 12.1 Å². The minimum absolute atomic E-state index is 1.11. The van der Waals surface area contributed by atoms with Crippen LogP contribution in [0.4, 0.5) is 5.69 Å². The number of rotatable bonds is 3. The molecule has 0 unspecified atom stereocenters. The lowest BCUT2D eigenvalue weighted by Crippen LogP contribution is -2.44. The van der Waals surface area contributed by atoms with Gasteiger partial charge in [-0.15, -0.1) is 0 Å². The lowest BCUT2D eigenvalue weighted by molar-refractivity contribution is 0.244. The normalized spacial score (nSPS) is 20.0. The van der Waals surface area contributed by atoms with E-state index in [1.54, 1.807) is 0 Å². The predicted molar refractivity (Wildman–Crippen MR) is 71.6 cm³/mol. The van der Waals surface area contributed by atoms with Gasteiger partial charge in [0.25, 0.3) is 0 Å². The lowest BCUT2D eigenvalue weighted by atomic mass is 10.1. The second kappa shape index (κ2) is 5.07. The summed E-state index contributed by atoms with van der Waals surface area (Å²) in [5, 5.41) is 6.81. The summed E-state index contributed by atoms with van der Waals surface area (Å²) in [6.45, 7) is 7.01. The van der Waals surface area contributed by atoms with E-state index in [4.69, 9.17) is 0 Å². The highest BCUT2D eigenvalue weighted by Crippen LogP contribution is 2.23.